The van der Waals surface area contributed by atoms with Gasteiger partial charge in [0.05, 0.1) is 6.54 Å². The van der Waals surface area contributed by atoms with E-state index in [0.29, 0.717) is 36.6 Å². The van der Waals surface area contributed by atoms with Gasteiger partial charge in [-0.25, -0.2) is 14.4 Å². The molecule has 0 aliphatic carbocycles. The Morgan fingerprint density at radius 3 is 2.52 bits per heavy atom. The standard InChI is InChI=1S/C19H22F4N4O.HI/c1-2-24-18(26-11-9-14-6-3-4-8-16(14)20)27-12-15-7-5-10-25-17(15)28-13-19(21,22)23;/h3-8,10H,2,9,11-13H2,1H3,(H2,24,26,27);1H. The summed E-state index contributed by atoms with van der Waals surface area (Å²) < 4.78 is 55.5. The van der Waals surface area contributed by atoms with E-state index < -0.39 is 12.8 Å². The summed E-state index contributed by atoms with van der Waals surface area (Å²) in [5.41, 5.74) is 1.01. The molecule has 2 aromatic rings. The molecule has 0 fully saturated rings. The van der Waals surface area contributed by atoms with E-state index in [1.807, 2.05) is 6.92 Å². The summed E-state index contributed by atoms with van der Waals surface area (Å²) >= 11 is 0. The van der Waals surface area contributed by atoms with Crippen LogP contribution in [-0.2, 0) is 13.0 Å². The fourth-order valence-electron chi connectivity index (χ4n) is 2.35. The van der Waals surface area contributed by atoms with Crippen molar-refractivity contribution in [3.8, 4) is 5.88 Å². The second-order valence-corrected chi connectivity index (χ2v) is 5.83. The number of guanidine groups is 1. The van der Waals surface area contributed by atoms with Crippen molar-refractivity contribution in [2.45, 2.75) is 26.1 Å². The van der Waals surface area contributed by atoms with Gasteiger partial charge in [-0.15, -0.1) is 24.0 Å². The molecule has 0 aliphatic heterocycles. The largest absolute Gasteiger partial charge is 0.468 e. The van der Waals surface area contributed by atoms with Gasteiger partial charge in [0.2, 0.25) is 5.88 Å². The Morgan fingerprint density at radius 1 is 1.10 bits per heavy atom. The number of benzene rings is 1. The van der Waals surface area contributed by atoms with Crippen LogP contribution in [-0.4, -0.2) is 36.8 Å². The van der Waals surface area contributed by atoms with Gasteiger partial charge in [0, 0.05) is 24.8 Å². The van der Waals surface area contributed by atoms with E-state index in [0.717, 1.165) is 0 Å². The summed E-state index contributed by atoms with van der Waals surface area (Å²) in [6.45, 7) is 1.58. The summed E-state index contributed by atoms with van der Waals surface area (Å²) in [5, 5.41) is 6.11. The lowest BCUT2D eigenvalue weighted by Crippen LogP contribution is -2.38. The van der Waals surface area contributed by atoms with Gasteiger partial charge >= 0.3 is 6.18 Å². The number of hydrogen-bond acceptors (Lipinski definition) is 3. The summed E-state index contributed by atoms with van der Waals surface area (Å²) in [4.78, 5) is 8.19. The van der Waals surface area contributed by atoms with E-state index in [1.54, 1.807) is 30.3 Å². The Bertz CT molecular complexity index is 787. The fraction of sp³-hybridized carbons (Fsp3) is 0.368. The summed E-state index contributed by atoms with van der Waals surface area (Å²) in [7, 11) is 0. The highest BCUT2D eigenvalue weighted by Gasteiger charge is 2.29. The molecule has 1 aromatic heterocycles. The highest BCUT2D eigenvalue weighted by Crippen LogP contribution is 2.20. The van der Waals surface area contributed by atoms with Gasteiger partial charge in [-0.05, 0) is 31.0 Å². The molecule has 0 saturated heterocycles. The molecule has 0 atom stereocenters. The summed E-state index contributed by atoms with van der Waals surface area (Å²) in [5.74, 6) is 0.0864. The number of nitrogens with one attached hydrogen (secondary N) is 2. The second-order valence-electron chi connectivity index (χ2n) is 5.83. The first-order valence-electron chi connectivity index (χ1n) is 8.78. The quantitative estimate of drug-likeness (QED) is 0.236. The van der Waals surface area contributed by atoms with Gasteiger partial charge in [-0.3, -0.25) is 0 Å². The average Bonchev–Trinajstić information content (AvgIpc) is 2.66. The van der Waals surface area contributed by atoms with Crippen molar-refractivity contribution in [1.82, 2.24) is 15.6 Å². The second kappa shape index (κ2) is 12.5. The third-order valence-electron chi connectivity index (χ3n) is 3.62. The van der Waals surface area contributed by atoms with E-state index in [4.69, 9.17) is 4.74 Å². The van der Waals surface area contributed by atoms with Gasteiger partial charge in [-0.1, -0.05) is 24.3 Å². The molecular weight excluding hydrogens is 503 g/mol. The number of alkyl halides is 3. The molecule has 2 N–H and O–H groups in total. The van der Waals surface area contributed by atoms with E-state index in [-0.39, 0.29) is 42.2 Å². The van der Waals surface area contributed by atoms with Crippen molar-refractivity contribution in [2.75, 3.05) is 19.7 Å². The maximum Gasteiger partial charge on any atom is 0.422 e. The minimum atomic E-state index is -4.44. The van der Waals surface area contributed by atoms with Gasteiger partial charge in [0.1, 0.15) is 5.82 Å². The molecule has 10 heteroatoms. The molecule has 0 radical (unpaired) electrons. The minimum absolute atomic E-state index is 0. The van der Waals surface area contributed by atoms with Gasteiger partial charge in [-0.2, -0.15) is 13.2 Å². The van der Waals surface area contributed by atoms with E-state index >= 15 is 0 Å². The molecule has 1 aromatic carbocycles. The Hall–Kier alpha value is -2.11. The maximum absolute atomic E-state index is 13.7. The minimum Gasteiger partial charge on any atom is -0.468 e. The third kappa shape index (κ3) is 9.29. The lowest BCUT2D eigenvalue weighted by molar-refractivity contribution is -0.154. The Kier molecular flexibility index (Phi) is 10.7. The lowest BCUT2D eigenvalue weighted by atomic mass is 10.1. The number of hydrogen-bond donors (Lipinski definition) is 2. The summed E-state index contributed by atoms with van der Waals surface area (Å²) in [6, 6.07) is 9.71. The number of pyridine rings is 1. The van der Waals surface area contributed by atoms with E-state index in [1.165, 1.54) is 12.3 Å². The molecule has 0 bridgehead atoms. The van der Waals surface area contributed by atoms with Crippen LogP contribution in [0.15, 0.2) is 47.6 Å². The van der Waals surface area contributed by atoms with Crippen LogP contribution in [0.5, 0.6) is 5.88 Å². The van der Waals surface area contributed by atoms with Gasteiger partial charge < -0.3 is 15.4 Å². The maximum atomic E-state index is 13.7. The van der Waals surface area contributed by atoms with Gasteiger partial charge in [0.25, 0.3) is 0 Å². The highest BCUT2D eigenvalue weighted by atomic mass is 127. The fourth-order valence-corrected chi connectivity index (χ4v) is 2.35. The smallest absolute Gasteiger partial charge is 0.422 e. The number of aromatic nitrogens is 1. The van der Waals surface area contributed by atoms with Crippen LogP contribution in [0.1, 0.15) is 18.1 Å². The van der Waals surface area contributed by atoms with Gasteiger partial charge in [0.15, 0.2) is 12.6 Å². The van der Waals surface area contributed by atoms with Crippen molar-refractivity contribution in [2.24, 2.45) is 4.99 Å². The summed E-state index contributed by atoms with van der Waals surface area (Å²) in [6.07, 6.45) is -2.62. The first kappa shape index (κ1) is 24.9. The Labute approximate surface area is 184 Å². The molecular formula is C19H23F4IN4O. The van der Waals surface area contributed by atoms with E-state index in [9.17, 15) is 17.6 Å². The average molecular weight is 526 g/mol. The molecule has 1 heterocycles. The molecule has 0 aliphatic rings. The van der Waals surface area contributed by atoms with Crippen LogP contribution < -0.4 is 15.4 Å². The molecule has 0 amide bonds. The van der Waals surface area contributed by atoms with Crippen molar-refractivity contribution in [3.63, 3.8) is 0 Å². The molecule has 160 valence electrons. The van der Waals surface area contributed by atoms with Crippen LogP contribution in [0.2, 0.25) is 0 Å². The third-order valence-corrected chi connectivity index (χ3v) is 3.62. The first-order valence-corrected chi connectivity index (χ1v) is 8.78. The molecule has 0 saturated carbocycles. The van der Waals surface area contributed by atoms with Crippen molar-refractivity contribution in [1.29, 1.82) is 0 Å². The Balaban J connectivity index is 0.00000420. The highest BCUT2D eigenvalue weighted by molar-refractivity contribution is 14.0. The predicted molar refractivity (Wildman–Crippen MR) is 114 cm³/mol. The monoisotopic (exact) mass is 526 g/mol. The number of halogens is 5. The predicted octanol–water partition coefficient (Wildman–Crippen LogP) is 4.08. The zero-order valence-electron chi connectivity index (χ0n) is 15.8. The number of nitrogens with zero attached hydrogens (tertiary/aromatic N) is 2. The molecule has 0 unspecified atom stereocenters. The van der Waals surface area contributed by atoms with E-state index in [2.05, 4.69) is 20.6 Å². The molecule has 5 nitrogen and oxygen atoms in total. The number of ether oxygens (including phenoxy) is 1. The van der Waals surface area contributed by atoms with Crippen molar-refractivity contribution in [3.05, 3.63) is 59.5 Å². The van der Waals surface area contributed by atoms with Crippen LogP contribution in [0.25, 0.3) is 0 Å². The number of rotatable bonds is 8. The lowest BCUT2D eigenvalue weighted by Gasteiger charge is -2.13. The molecule has 2 rings (SSSR count). The van der Waals surface area contributed by atoms with Crippen LogP contribution in [0.3, 0.4) is 0 Å². The number of aliphatic imine (C=N–C) groups is 1. The van der Waals surface area contributed by atoms with Crippen LogP contribution in [0, 0.1) is 5.82 Å². The SMILES string of the molecule is CCNC(=NCc1cccnc1OCC(F)(F)F)NCCc1ccccc1F.I. The van der Waals surface area contributed by atoms with Crippen LogP contribution in [0.4, 0.5) is 17.6 Å². The normalized spacial score (nSPS) is 11.6. The van der Waals surface area contributed by atoms with Crippen LogP contribution >= 0.6 is 24.0 Å². The van der Waals surface area contributed by atoms with Crippen molar-refractivity contribution < 1.29 is 22.3 Å². The Morgan fingerprint density at radius 2 is 1.83 bits per heavy atom. The zero-order valence-corrected chi connectivity index (χ0v) is 18.1. The topological polar surface area (TPSA) is 58.5 Å². The molecule has 29 heavy (non-hydrogen) atoms. The zero-order chi connectivity index (χ0) is 20.4. The molecule has 0 spiro atoms. The first-order chi connectivity index (χ1) is 13.4. The van der Waals surface area contributed by atoms with Crippen molar-refractivity contribution >= 4 is 29.9 Å².